The average molecular weight is 1520 g/mol. The van der Waals surface area contributed by atoms with Crippen molar-refractivity contribution in [3.8, 4) is 0 Å². The van der Waals surface area contributed by atoms with Crippen LogP contribution < -0.4 is 0 Å². The van der Waals surface area contributed by atoms with E-state index in [-0.39, 0.29) is 25.7 Å². The van der Waals surface area contributed by atoms with Gasteiger partial charge in [-0.2, -0.15) is 0 Å². The molecular formula is C85H166O17P2. The van der Waals surface area contributed by atoms with Crippen molar-refractivity contribution in [1.29, 1.82) is 0 Å². The van der Waals surface area contributed by atoms with E-state index in [1.165, 1.54) is 257 Å². The number of phosphoric ester groups is 2. The van der Waals surface area contributed by atoms with Crippen molar-refractivity contribution in [2.45, 2.75) is 465 Å². The van der Waals surface area contributed by atoms with Gasteiger partial charge in [0, 0.05) is 25.7 Å². The molecule has 17 nitrogen and oxygen atoms in total. The minimum absolute atomic E-state index is 0.106. The Morgan fingerprint density at radius 1 is 0.279 bits per heavy atom. The number of esters is 4. The SMILES string of the molecule is CCCCCCCCCCCCCCCCCCCCCCCC(=O)O[C@H](COC(=O)CCCCCCCCCCCCCCCCC(C)CC)COP(=O)(O)OC[C@@H](O)COP(=O)(O)OC[C@@H](COC(=O)CCCCCCCCCCCC(C)C)OC(=O)CCCCCCCCCCCCC(C)C. The standard InChI is InChI=1S/C85H166O17P2/c1-8-10-11-12-13-14-15-16-17-18-19-20-21-22-23-28-31-39-47-54-61-68-84(89)101-80(72-95-82(87)66-59-52-45-38-30-27-25-24-26-29-37-44-51-58-65-78(7)9-2)74-99-103(91,92)97-70-79(86)71-98-104(93,94)100-75-81(73-96-83(88)67-60-53-46-41-34-36-43-50-57-64-77(5)6)102-85(90)69-62-55-48-40-33-32-35-42-49-56-63-76(3)4/h76-81,86H,8-75H2,1-7H3,(H,91,92)(H,93,94)/t78?,79-,80-,81-/m1/s1. The topological polar surface area (TPSA) is 237 Å². The largest absolute Gasteiger partial charge is 0.472 e. The summed E-state index contributed by atoms with van der Waals surface area (Å²) in [6.45, 7) is 12.0. The molecule has 0 aromatic heterocycles. The van der Waals surface area contributed by atoms with E-state index in [2.05, 4.69) is 48.5 Å². The van der Waals surface area contributed by atoms with Gasteiger partial charge >= 0.3 is 39.5 Å². The van der Waals surface area contributed by atoms with Crippen LogP contribution in [0.3, 0.4) is 0 Å². The summed E-state index contributed by atoms with van der Waals surface area (Å²) in [6.07, 6.45) is 65.3. The molecule has 104 heavy (non-hydrogen) atoms. The van der Waals surface area contributed by atoms with Crippen LogP contribution in [0.5, 0.6) is 0 Å². The highest BCUT2D eigenvalue weighted by Gasteiger charge is 2.30. The van der Waals surface area contributed by atoms with Gasteiger partial charge < -0.3 is 33.8 Å². The molecular weight excluding hydrogens is 1350 g/mol. The first kappa shape index (κ1) is 102. The van der Waals surface area contributed by atoms with Gasteiger partial charge in [-0.15, -0.1) is 0 Å². The van der Waals surface area contributed by atoms with Crippen LogP contribution in [0.2, 0.25) is 0 Å². The van der Waals surface area contributed by atoms with Crippen molar-refractivity contribution >= 4 is 39.5 Å². The molecule has 0 rings (SSSR count). The molecule has 0 aliphatic carbocycles. The van der Waals surface area contributed by atoms with Crippen LogP contribution >= 0.6 is 15.6 Å². The van der Waals surface area contributed by atoms with E-state index in [4.69, 9.17) is 37.0 Å². The zero-order valence-electron chi connectivity index (χ0n) is 68.5. The van der Waals surface area contributed by atoms with Crippen molar-refractivity contribution in [1.82, 2.24) is 0 Å². The van der Waals surface area contributed by atoms with E-state index in [1.54, 1.807) is 0 Å². The normalized spacial score (nSPS) is 14.2. The maximum atomic E-state index is 13.1. The Hall–Kier alpha value is -1.94. The zero-order chi connectivity index (χ0) is 76.5. The van der Waals surface area contributed by atoms with E-state index < -0.39 is 97.5 Å². The van der Waals surface area contributed by atoms with Crippen LogP contribution in [0.25, 0.3) is 0 Å². The number of ether oxygens (including phenoxy) is 4. The fraction of sp³-hybridized carbons (Fsp3) is 0.953. The molecule has 0 spiro atoms. The van der Waals surface area contributed by atoms with Crippen molar-refractivity contribution < 1.29 is 80.2 Å². The molecule has 0 saturated heterocycles. The van der Waals surface area contributed by atoms with Gasteiger partial charge in [0.05, 0.1) is 26.4 Å². The van der Waals surface area contributed by atoms with Crippen LogP contribution in [0.1, 0.15) is 447 Å². The summed E-state index contributed by atoms with van der Waals surface area (Å²) in [6, 6.07) is 0. The number of hydrogen-bond donors (Lipinski definition) is 3. The summed E-state index contributed by atoms with van der Waals surface area (Å²) < 4.78 is 68.9. The predicted octanol–water partition coefficient (Wildman–Crippen LogP) is 25.7. The molecule has 618 valence electrons. The number of aliphatic hydroxyl groups excluding tert-OH is 1. The molecule has 0 aliphatic rings. The molecule has 0 amide bonds. The number of carbonyl (C=O) groups is 4. The fourth-order valence-corrected chi connectivity index (χ4v) is 14.7. The molecule has 3 N–H and O–H groups in total. The third-order valence-electron chi connectivity index (χ3n) is 20.2. The first-order valence-electron chi connectivity index (χ1n) is 43.9. The molecule has 0 aromatic carbocycles. The summed E-state index contributed by atoms with van der Waals surface area (Å²) in [5.74, 6) is 0.239. The van der Waals surface area contributed by atoms with Gasteiger partial charge in [0.25, 0.3) is 0 Å². The molecule has 6 atom stereocenters. The van der Waals surface area contributed by atoms with E-state index in [0.717, 1.165) is 108 Å². The lowest BCUT2D eigenvalue weighted by Gasteiger charge is -2.21. The lowest BCUT2D eigenvalue weighted by Crippen LogP contribution is -2.30. The van der Waals surface area contributed by atoms with E-state index in [9.17, 15) is 43.2 Å². The Labute approximate surface area is 638 Å². The predicted molar refractivity (Wildman–Crippen MR) is 428 cm³/mol. The van der Waals surface area contributed by atoms with Crippen LogP contribution in [-0.4, -0.2) is 96.7 Å². The monoisotopic (exact) mass is 1520 g/mol. The summed E-state index contributed by atoms with van der Waals surface area (Å²) in [4.78, 5) is 73.2. The second-order valence-electron chi connectivity index (χ2n) is 31.8. The van der Waals surface area contributed by atoms with Crippen molar-refractivity contribution in [2.75, 3.05) is 39.6 Å². The summed E-state index contributed by atoms with van der Waals surface area (Å²) in [5.41, 5.74) is 0. The molecule has 3 unspecified atom stereocenters. The number of unbranched alkanes of at least 4 members (excludes halogenated alkanes) is 50. The smallest absolute Gasteiger partial charge is 0.462 e. The number of phosphoric acid groups is 2. The first-order valence-corrected chi connectivity index (χ1v) is 46.9. The molecule has 0 saturated carbocycles. The minimum Gasteiger partial charge on any atom is -0.462 e. The molecule has 0 bridgehead atoms. The molecule has 0 aromatic rings. The van der Waals surface area contributed by atoms with Gasteiger partial charge in [0.15, 0.2) is 12.2 Å². The van der Waals surface area contributed by atoms with Crippen LogP contribution in [0.15, 0.2) is 0 Å². The highest BCUT2D eigenvalue weighted by molar-refractivity contribution is 7.47. The Balaban J connectivity index is 5.24. The Morgan fingerprint density at radius 3 is 0.731 bits per heavy atom. The Morgan fingerprint density at radius 2 is 0.490 bits per heavy atom. The van der Waals surface area contributed by atoms with E-state index in [0.29, 0.717) is 25.7 Å². The van der Waals surface area contributed by atoms with Gasteiger partial charge in [-0.25, -0.2) is 9.13 Å². The molecule has 0 radical (unpaired) electrons. The summed E-state index contributed by atoms with van der Waals surface area (Å²) in [5, 5.41) is 10.7. The third kappa shape index (κ3) is 76.8. The molecule has 0 aliphatic heterocycles. The van der Waals surface area contributed by atoms with Gasteiger partial charge in [-0.05, 0) is 43.4 Å². The van der Waals surface area contributed by atoms with Gasteiger partial charge in [0.1, 0.15) is 19.3 Å². The molecule has 0 fully saturated rings. The summed E-state index contributed by atoms with van der Waals surface area (Å²) in [7, 11) is -9.93. The fourth-order valence-electron chi connectivity index (χ4n) is 13.2. The molecule has 0 heterocycles. The molecule has 19 heteroatoms. The Kier molecular flexibility index (Phi) is 73.7. The first-order chi connectivity index (χ1) is 50.3. The summed E-state index contributed by atoms with van der Waals surface area (Å²) >= 11 is 0. The van der Waals surface area contributed by atoms with Crippen LogP contribution in [0, 0.1) is 17.8 Å². The van der Waals surface area contributed by atoms with Gasteiger partial charge in [-0.3, -0.25) is 37.3 Å². The second kappa shape index (κ2) is 75.1. The quantitative estimate of drug-likeness (QED) is 0.0222. The van der Waals surface area contributed by atoms with Gasteiger partial charge in [-0.1, -0.05) is 395 Å². The van der Waals surface area contributed by atoms with Crippen molar-refractivity contribution in [3.05, 3.63) is 0 Å². The van der Waals surface area contributed by atoms with Crippen molar-refractivity contribution in [3.63, 3.8) is 0 Å². The zero-order valence-corrected chi connectivity index (χ0v) is 70.3. The lowest BCUT2D eigenvalue weighted by molar-refractivity contribution is -0.161. The highest BCUT2D eigenvalue weighted by Crippen LogP contribution is 2.45. The minimum atomic E-state index is -4.97. The number of rotatable bonds is 83. The Bertz CT molecular complexity index is 2010. The maximum Gasteiger partial charge on any atom is 0.472 e. The number of hydrogen-bond acceptors (Lipinski definition) is 15. The van der Waals surface area contributed by atoms with E-state index in [1.807, 2.05) is 0 Å². The van der Waals surface area contributed by atoms with Crippen LogP contribution in [-0.2, 0) is 65.4 Å². The number of aliphatic hydroxyl groups is 1. The van der Waals surface area contributed by atoms with Crippen LogP contribution in [0.4, 0.5) is 0 Å². The van der Waals surface area contributed by atoms with E-state index >= 15 is 0 Å². The average Bonchev–Trinajstić information content (AvgIpc) is 0.916. The second-order valence-corrected chi connectivity index (χ2v) is 34.7. The third-order valence-corrected chi connectivity index (χ3v) is 22.1. The number of carbonyl (C=O) groups excluding carboxylic acids is 4. The highest BCUT2D eigenvalue weighted by atomic mass is 31.2. The van der Waals surface area contributed by atoms with Gasteiger partial charge in [0.2, 0.25) is 0 Å². The maximum absolute atomic E-state index is 13.1. The lowest BCUT2D eigenvalue weighted by atomic mass is 9.99. The van der Waals surface area contributed by atoms with Crippen molar-refractivity contribution in [2.24, 2.45) is 17.8 Å².